The lowest BCUT2D eigenvalue weighted by atomic mass is 9.93. The molecule has 1 aliphatic carbocycles. The molecule has 0 aromatic carbocycles. The molecule has 0 aromatic heterocycles. The van der Waals surface area contributed by atoms with Gasteiger partial charge < -0.3 is 20.8 Å². The zero-order valence-electron chi connectivity index (χ0n) is 9.98. The van der Waals surface area contributed by atoms with Gasteiger partial charge in [0, 0.05) is 6.54 Å². The van der Waals surface area contributed by atoms with Crippen molar-refractivity contribution >= 4 is 12.0 Å². The van der Waals surface area contributed by atoms with E-state index in [-0.39, 0.29) is 12.6 Å². The number of amides is 2. The maximum atomic E-state index is 11.5. The first kappa shape index (κ1) is 13.8. The van der Waals surface area contributed by atoms with E-state index >= 15 is 0 Å². The molecule has 4 N–H and O–H groups in total. The van der Waals surface area contributed by atoms with Crippen LogP contribution in [0, 0.1) is 5.92 Å². The largest absolute Gasteiger partial charge is 0.481 e. The van der Waals surface area contributed by atoms with Crippen LogP contribution in [0.25, 0.3) is 0 Å². The van der Waals surface area contributed by atoms with Crippen LogP contribution in [0.2, 0.25) is 0 Å². The Labute approximate surface area is 100 Å². The molecule has 17 heavy (non-hydrogen) atoms. The number of carboxylic acids is 1. The molecule has 0 radical (unpaired) electrons. The Bertz CT molecular complexity index is 283. The van der Waals surface area contributed by atoms with Crippen molar-refractivity contribution in [2.45, 2.75) is 44.8 Å². The summed E-state index contributed by atoms with van der Waals surface area (Å²) in [5, 5.41) is 23.5. The monoisotopic (exact) mass is 244 g/mol. The summed E-state index contributed by atoms with van der Waals surface area (Å²) in [6.45, 7) is 1.61. The molecule has 0 bridgehead atoms. The van der Waals surface area contributed by atoms with Crippen LogP contribution >= 0.6 is 0 Å². The molecule has 6 nitrogen and oxygen atoms in total. The van der Waals surface area contributed by atoms with E-state index in [0.717, 1.165) is 19.3 Å². The Morgan fingerprint density at radius 2 is 2.00 bits per heavy atom. The number of carbonyl (C=O) groups excluding carboxylic acids is 1. The average molecular weight is 244 g/mol. The highest BCUT2D eigenvalue weighted by Gasteiger charge is 2.24. The number of urea groups is 1. The first-order valence-electron chi connectivity index (χ1n) is 5.96. The highest BCUT2D eigenvalue weighted by Crippen LogP contribution is 2.18. The molecule has 0 heterocycles. The number of hydrogen-bond acceptors (Lipinski definition) is 3. The van der Waals surface area contributed by atoms with Crippen molar-refractivity contribution in [1.82, 2.24) is 10.6 Å². The third-order valence-electron chi connectivity index (χ3n) is 3.04. The van der Waals surface area contributed by atoms with Crippen molar-refractivity contribution in [2.24, 2.45) is 5.92 Å². The molecule has 1 fully saturated rings. The third-order valence-corrected chi connectivity index (χ3v) is 3.04. The third kappa shape index (κ3) is 4.60. The molecular weight excluding hydrogens is 224 g/mol. The second-order valence-corrected chi connectivity index (χ2v) is 4.55. The molecule has 1 saturated carbocycles. The number of rotatable bonds is 4. The lowest BCUT2D eigenvalue weighted by Crippen LogP contribution is -2.49. The van der Waals surface area contributed by atoms with Crippen LogP contribution in [0.1, 0.15) is 32.6 Å². The van der Waals surface area contributed by atoms with Gasteiger partial charge in [0.15, 0.2) is 0 Å². The van der Waals surface area contributed by atoms with E-state index < -0.39 is 24.0 Å². The lowest BCUT2D eigenvalue weighted by Gasteiger charge is -2.28. The fourth-order valence-corrected chi connectivity index (χ4v) is 1.83. The van der Waals surface area contributed by atoms with Crippen molar-refractivity contribution in [3.63, 3.8) is 0 Å². The molecule has 3 unspecified atom stereocenters. The van der Waals surface area contributed by atoms with E-state index in [4.69, 9.17) is 5.11 Å². The smallest absolute Gasteiger partial charge is 0.315 e. The summed E-state index contributed by atoms with van der Waals surface area (Å²) in [6, 6.07) is -0.632. The van der Waals surface area contributed by atoms with Crippen LogP contribution in [0.15, 0.2) is 0 Å². The molecule has 1 aliphatic rings. The Morgan fingerprint density at radius 1 is 1.35 bits per heavy atom. The zero-order chi connectivity index (χ0) is 12.8. The molecule has 0 spiro atoms. The standard InChI is InChI=1S/C11H20N2O4/c1-7(10(15)16)6-12-11(17)13-8-4-2-3-5-9(8)14/h7-9,14H,2-6H2,1H3,(H,15,16)(H2,12,13,17). The van der Waals surface area contributed by atoms with Gasteiger partial charge in [-0.05, 0) is 12.8 Å². The van der Waals surface area contributed by atoms with E-state index in [1.807, 2.05) is 0 Å². The predicted octanol–water partition coefficient (Wildman–Crippen LogP) is 0.310. The molecule has 1 rings (SSSR count). The van der Waals surface area contributed by atoms with Crippen molar-refractivity contribution in [1.29, 1.82) is 0 Å². The molecule has 0 aliphatic heterocycles. The summed E-state index contributed by atoms with van der Waals surface area (Å²) in [6.07, 6.45) is 2.95. The van der Waals surface area contributed by atoms with Crippen LogP contribution in [0.5, 0.6) is 0 Å². The average Bonchev–Trinajstić information content (AvgIpc) is 2.29. The normalized spacial score (nSPS) is 26.0. The molecule has 98 valence electrons. The van der Waals surface area contributed by atoms with Gasteiger partial charge in [-0.3, -0.25) is 4.79 Å². The van der Waals surface area contributed by atoms with Gasteiger partial charge >= 0.3 is 12.0 Å². The fraction of sp³-hybridized carbons (Fsp3) is 0.818. The summed E-state index contributed by atoms with van der Waals surface area (Å²) in [4.78, 5) is 22.0. The van der Waals surface area contributed by atoms with Gasteiger partial charge in [0.2, 0.25) is 0 Å². The van der Waals surface area contributed by atoms with Crippen LogP contribution in [0.3, 0.4) is 0 Å². The van der Waals surface area contributed by atoms with Gasteiger partial charge in [0.1, 0.15) is 0 Å². The van der Waals surface area contributed by atoms with Gasteiger partial charge in [0.05, 0.1) is 18.1 Å². The molecule has 0 aromatic rings. The SMILES string of the molecule is CC(CNC(=O)NC1CCCCC1O)C(=O)O. The summed E-state index contributed by atoms with van der Waals surface area (Å²) in [5.74, 6) is -1.56. The van der Waals surface area contributed by atoms with Gasteiger partial charge in [-0.15, -0.1) is 0 Å². The topological polar surface area (TPSA) is 98.7 Å². The van der Waals surface area contributed by atoms with Gasteiger partial charge in [-0.1, -0.05) is 19.8 Å². The van der Waals surface area contributed by atoms with E-state index in [0.29, 0.717) is 6.42 Å². The van der Waals surface area contributed by atoms with Crippen LogP contribution in [-0.4, -0.2) is 40.9 Å². The minimum Gasteiger partial charge on any atom is -0.481 e. The van der Waals surface area contributed by atoms with E-state index in [1.54, 1.807) is 0 Å². The fourth-order valence-electron chi connectivity index (χ4n) is 1.83. The maximum Gasteiger partial charge on any atom is 0.315 e. The van der Waals surface area contributed by atoms with Crippen molar-refractivity contribution in [3.05, 3.63) is 0 Å². The predicted molar refractivity (Wildman–Crippen MR) is 61.6 cm³/mol. The number of aliphatic carboxylic acids is 1. The number of nitrogens with one attached hydrogen (secondary N) is 2. The first-order chi connectivity index (χ1) is 8.00. The first-order valence-corrected chi connectivity index (χ1v) is 5.96. The van der Waals surface area contributed by atoms with E-state index in [9.17, 15) is 14.7 Å². The molecule has 3 atom stereocenters. The van der Waals surface area contributed by atoms with Crippen molar-refractivity contribution in [2.75, 3.05) is 6.54 Å². The summed E-state index contributed by atoms with van der Waals surface area (Å²) in [5.41, 5.74) is 0. The van der Waals surface area contributed by atoms with E-state index in [1.165, 1.54) is 6.92 Å². The highest BCUT2D eigenvalue weighted by atomic mass is 16.4. The number of aliphatic hydroxyl groups is 1. The van der Waals surface area contributed by atoms with E-state index in [2.05, 4.69) is 10.6 Å². The zero-order valence-corrected chi connectivity index (χ0v) is 9.98. The highest BCUT2D eigenvalue weighted by molar-refractivity contribution is 5.76. The summed E-state index contributed by atoms with van der Waals surface area (Å²) < 4.78 is 0. The van der Waals surface area contributed by atoms with Gasteiger partial charge in [0.25, 0.3) is 0 Å². The van der Waals surface area contributed by atoms with Gasteiger partial charge in [-0.2, -0.15) is 0 Å². The number of carbonyl (C=O) groups is 2. The quantitative estimate of drug-likeness (QED) is 0.572. The molecular formula is C11H20N2O4. The van der Waals surface area contributed by atoms with Crippen LogP contribution in [0.4, 0.5) is 4.79 Å². The maximum absolute atomic E-state index is 11.5. The number of hydrogen-bond donors (Lipinski definition) is 4. The lowest BCUT2D eigenvalue weighted by molar-refractivity contribution is -0.140. The Morgan fingerprint density at radius 3 is 2.59 bits per heavy atom. The van der Waals surface area contributed by atoms with Gasteiger partial charge in [-0.25, -0.2) is 4.79 Å². The summed E-state index contributed by atoms with van der Waals surface area (Å²) >= 11 is 0. The minimum atomic E-state index is -0.942. The van der Waals surface area contributed by atoms with Crippen molar-refractivity contribution < 1.29 is 19.8 Å². The summed E-state index contributed by atoms with van der Waals surface area (Å²) in [7, 11) is 0. The van der Waals surface area contributed by atoms with Crippen LogP contribution in [-0.2, 0) is 4.79 Å². The molecule has 0 saturated heterocycles. The minimum absolute atomic E-state index is 0.0873. The molecule has 6 heteroatoms. The Balaban J connectivity index is 2.26. The Kier molecular flexibility index (Phi) is 5.21. The second kappa shape index (κ2) is 6.44. The second-order valence-electron chi connectivity index (χ2n) is 4.55. The Hall–Kier alpha value is -1.30. The van der Waals surface area contributed by atoms with Crippen molar-refractivity contribution in [3.8, 4) is 0 Å². The number of carboxylic acid groups (broad SMARTS) is 1. The van der Waals surface area contributed by atoms with Crippen LogP contribution < -0.4 is 10.6 Å². The number of aliphatic hydroxyl groups excluding tert-OH is 1. The molecule has 2 amide bonds.